The monoisotopic (exact) mass is 135 g/mol. The first-order chi connectivity index (χ1) is 3.72. The quantitative estimate of drug-likeness (QED) is 0.486. The Bertz CT molecular complexity index is 81.7. The Balaban J connectivity index is 2.26. The van der Waals surface area contributed by atoms with E-state index in [1.54, 1.807) is 0 Å². The van der Waals surface area contributed by atoms with E-state index in [1.165, 1.54) is 0 Å². The van der Waals surface area contributed by atoms with Gasteiger partial charge in [0.15, 0.2) is 0 Å². The van der Waals surface area contributed by atoms with E-state index in [0.717, 1.165) is 0 Å². The van der Waals surface area contributed by atoms with Gasteiger partial charge >= 0.3 is 0 Å². The molecule has 2 atom stereocenters. The van der Waals surface area contributed by atoms with E-state index < -0.39 is 0 Å². The number of halogens is 1. The summed E-state index contributed by atoms with van der Waals surface area (Å²) in [6, 6.07) is 0. The molecule has 0 aromatic heterocycles. The van der Waals surface area contributed by atoms with Crippen LogP contribution < -0.4 is 0 Å². The molecule has 0 bridgehead atoms. The van der Waals surface area contributed by atoms with Crippen molar-refractivity contribution in [3.63, 3.8) is 0 Å². The number of hydrogen-bond acceptors (Lipinski definition) is 2. The zero-order chi connectivity index (χ0) is 6.15. The minimum atomic E-state index is 0.150. The summed E-state index contributed by atoms with van der Waals surface area (Å²) in [5.41, 5.74) is 0. The second-order valence-corrected chi connectivity index (χ2v) is 2.76. The van der Waals surface area contributed by atoms with E-state index in [4.69, 9.17) is 16.3 Å². The highest BCUT2D eigenvalue weighted by molar-refractivity contribution is 6.21. The van der Waals surface area contributed by atoms with Crippen molar-refractivity contribution >= 4 is 11.6 Å². The maximum absolute atomic E-state index is 5.74. The summed E-state index contributed by atoms with van der Waals surface area (Å²) in [6.45, 7) is 0.699. The zero-order valence-corrected chi connectivity index (χ0v) is 5.85. The summed E-state index contributed by atoms with van der Waals surface area (Å²) < 4.78 is 5.10. The molecule has 3 heteroatoms. The van der Waals surface area contributed by atoms with Gasteiger partial charge in [-0.1, -0.05) is 0 Å². The smallest absolute Gasteiger partial charge is 0.128 e. The van der Waals surface area contributed by atoms with Gasteiger partial charge in [-0.2, -0.15) is 0 Å². The molecule has 0 aliphatic carbocycles. The second-order valence-electron chi connectivity index (χ2n) is 2.20. The van der Waals surface area contributed by atoms with E-state index in [2.05, 4.69) is 0 Å². The third-order valence-electron chi connectivity index (χ3n) is 1.24. The van der Waals surface area contributed by atoms with Crippen LogP contribution in [0.5, 0.6) is 0 Å². The van der Waals surface area contributed by atoms with Gasteiger partial charge in [-0.25, -0.2) is 0 Å². The SMILES string of the molecule is CN(C)C1OCC1Cl. The van der Waals surface area contributed by atoms with Crippen LogP contribution in [0.1, 0.15) is 0 Å². The zero-order valence-electron chi connectivity index (χ0n) is 5.10. The highest BCUT2D eigenvalue weighted by atomic mass is 35.5. The molecule has 2 nitrogen and oxygen atoms in total. The molecule has 0 amide bonds. The Morgan fingerprint density at radius 2 is 2.25 bits per heavy atom. The van der Waals surface area contributed by atoms with Gasteiger partial charge in [0, 0.05) is 0 Å². The molecule has 1 saturated heterocycles. The Hall–Kier alpha value is 0.210. The second kappa shape index (κ2) is 2.21. The summed E-state index contributed by atoms with van der Waals surface area (Å²) in [4.78, 5) is 1.97. The van der Waals surface area contributed by atoms with Gasteiger partial charge in [0.2, 0.25) is 0 Å². The standard InChI is InChI=1S/C5H10ClNO/c1-7(2)5-4(6)3-8-5/h4-5H,3H2,1-2H3. The summed E-state index contributed by atoms with van der Waals surface area (Å²) in [5, 5.41) is 0.199. The molecule has 2 unspecified atom stereocenters. The summed E-state index contributed by atoms with van der Waals surface area (Å²) in [5.74, 6) is 0. The molecular weight excluding hydrogens is 126 g/mol. The summed E-state index contributed by atoms with van der Waals surface area (Å²) in [7, 11) is 3.92. The largest absolute Gasteiger partial charge is 0.360 e. The Kier molecular flexibility index (Phi) is 1.75. The van der Waals surface area contributed by atoms with Gasteiger partial charge in [0.1, 0.15) is 6.23 Å². The lowest BCUT2D eigenvalue weighted by Crippen LogP contribution is -2.50. The van der Waals surface area contributed by atoms with Crippen molar-refractivity contribution in [1.82, 2.24) is 4.90 Å². The highest BCUT2D eigenvalue weighted by Gasteiger charge is 2.31. The van der Waals surface area contributed by atoms with Crippen molar-refractivity contribution in [2.75, 3.05) is 20.7 Å². The van der Waals surface area contributed by atoms with Crippen LogP contribution in [0.3, 0.4) is 0 Å². The van der Waals surface area contributed by atoms with Crippen molar-refractivity contribution in [3.05, 3.63) is 0 Å². The molecule has 1 aliphatic rings. The van der Waals surface area contributed by atoms with Crippen LogP contribution in [0, 0.1) is 0 Å². The lowest BCUT2D eigenvalue weighted by atomic mass is 10.3. The minimum Gasteiger partial charge on any atom is -0.360 e. The molecule has 0 aromatic rings. The van der Waals surface area contributed by atoms with Gasteiger partial charge in [0.25, 0.3) is 0 Å². The van der Waals surface area contributed by atoms with E-state index in [1.807, 2.05) is 19.0 Å². The van der Waals surface area contributed by atoms with Crippen LogP contribution in [-0.4, -0.2) is 37.2 Å². The first-order valence-corrected chi connectivity index (χ1v) is 3.07. The fourth-order valence-electron chi connectivity index (χ4n) is 0.728. The Morgan fingerprint density at radius 1 is 1.62 bits per heavy atom. The number of hydrogen-bond donors (Lipinski definition) is 0. The molecule has 8 heavy (non-hydrogen) atoms. The molecule has 0 aromatic carbocycles. The molecule has 1 rings (SSSR count). The van der Waals surface area contributed by atoms with E-state index in [9.17, 15) is 0 Å². The van der Waals surface area contributed by atoms with Gasteiger partial charge in [-0.15, -0.1) is 11.6 Å². The van der Waals surface area contributed by atoms with Crippen molar-refractivity contribution < 1.29 is 4.74 Å². The fraction of sp³-hybridized carbons (Fsp3) is 1.00. The maximum atomic E-state index is 5.74. The van der Waals surface area contributed by atoms with E-state index in [0.29, 0.717) is 6.61 Å². The summed E-state index contributed by atoms with van der Waals surface area (Å²) in [6.07, 6.45) is 0.150. The van der Waals surface area contributed by atoms with Crippen molar-refractivity contribution in [2.45, 2.75) is 11.6 Å². The average molecular weight is 136 g/mol. The topological polar surface area (TPSA) is 12.5 Å². The minimum absolute atomic E-state index is 0.150. The first-order valence-electron chi connectivity index (χ1n) is 2.64. The molecule has 1 heterocycles. The predicted octanol–water partition coefficient (Wildman–Crippen LogP) is 0.512. The fourth-order valence-corrected chi connectivity index (χ4v) is 1.10. The van der Waals surface area contributed by atoms with Gasteiger partial charge in [-0.3, -0.25) is 4.90 Å². The molecule has 0 radical (unpaired) electrons. The average Bonchev–Trinajstić information content (AvgIpc) is 1.61. The normalized spacial score (nSPS) is 37.5. The van der Waals surface area contributed by atoms with Crippen LogP contribution in [0.4, 0.5) is 0 Å². The maximum Gasteiger partial charge on any atom is 0.128 e. The van der Waals surface area contributed by atoms with Crippen molar-refractivity contribution in [2.24, 2.45) is 0 Å². The lowest BCUT2D eigenvalue weighted by molar-refractivity contribution is -0.121. The van der Waals surface area contributed by atoms with Crippen LogP contribution in [-0.2, 0) is 4.74 Å². The number of alkyl halides is 1. The third-order valence-corrected chi connectivity index (χ3v) is 1.59. The molecular formula is C5H10ClNO. The molecule has 48 valence electrons. The highest BCUT2D eigenvalue weighted by Crippen LogP contribution is 2.19. The Morgan fingerprint density at radius 3 is 2.25 bits per heavy atom. The number of rotatable bonds is 1. The number of nitrogens with zero attached hydrogens (tertiary/aromatic N) is 1. The van der Waals surface area contributed by atoms with Crippen LogP contribution in [0.25, 0.3) is 0 Å². The first kappa shape index (κ1) is 6.33. The van der Waals surface area contributed by atoms with Crippen LogP contribution in [0.2, 0.25) is 0 Å². The van der Waals surface area contributed by atoms with Crippen LogP contribution in [0.15, 0.2) is 0 Å². The van der Waals surface area contributed by atoms with Crippen LogP contribution >= 0.6 is 11.6 Å². The van der Waals surface area contributed by atoms with Crippen molar-refractivity contribution in [3.8, 4) is 0 Å². The van der Waals surface area contributed by atoms with Gasteiger partial charge in [-0.05, 0) is 14.1 Å². The molecule has 0 spiro atoms. The summed E-state index contributed by atoms with van der Waals surface area (Å²) >= 11 is 5.74. The molecule has 0 N–H and O–H groups in total. The predicted molar refractivity (Wildman–Crippen MR) is 33.1 cm³/mol. The van der Waals surface area contributed by atoms with E-state index >= 15 is 0 Å². The molecule has 1 fully saturated rings. The number of ether oxygens (including phenoxy) is 1. The molecule has 0 saturated carbocycles. The lowest BCUT2D eigenvalue weighted by Gasteiger charge is -2.36. The molecule has 1 aliphatic heterocycles. The third kappa shape index (κ3) is 0.966. The van der Waals surface area contributed by atoms with Gasteiger partial charge in [0.05, 0.1) is 12.0 Å². The Labute approximate surface area is 54.4 Å². The van der Waals surface area contributed by atoms with E-state index in [-0.39, 0.29) is 11.6 Å². The van der Waals surface area contributed by atoms with Crippen molar-refractivity contribution in [1.29, 1.82) is 0 Å². The van der Waals surface area contributed by atoms with Gasteiger partial charge < -0.3 is 4.74 Å².